The quantitative estimate of drug-likeness (QED) is 0.0930. The summed E-state index contributed by atoms with van der Waals surface area (Å²) in [6.07, 6.45) is 8.10. The first-order chi connectivity index (χ1) is 42.3. The highest BCUT2D eigenvalue weighted by Gasteiger charge is 2.09. The molecule has 430 valence electrons. The molecular weight excluding hydrogens is 1040 g/mol. The Balaban J connectivity index is 0.000000142. The van der Waals surface area contributed by atoms with Gasteiger partial charge in [-0.05, 0) is 158 Å². The number of ether oxygens (including phenoxy) is 1. The molecular formula is C85H84O. The van der Waals surface area contributed by atoms with Crippen molar-refractivity contribution < 1.29 is 4.74 Å². The van der Waals surface area contributed by atoms with Gasteiger partial charge >= 0.3 is 0 Å². The molecule has 0 unspecified atom stereocenters. The molecule has 0 aliphatic rings. The molecule has 0 spiro atoms. The molecule has 0 radical (unpaired) electrons. The van der Waals surface area contributed by atoms with E-state index in [-0.39, 0.29) is 0 Å². The minimum Gasteiger partial charge on any atom is -0.385 e. The summed E-state index contributed by atoms with van der Waals surface area (Å²) >= 11 is 0. The molecule has 0 atom stereocenters. The molecule has 12 aromatic carbocycles. The molecule has 0 heterocycles. The van der Waals surface area contributed by atoms with E-state index in [1.54, 1.807) is 7.11 Å². The fourth-order valence-corrected chi connectivity index (χ4v) is 10.7. The Morgan fingerprint density at radius 1 is 0.233 bits per heavy atom. The predicted molar refractivity (Wildman–Crippen MR) is 373 cm³/mol. The van der Waals surface area contributed by atoms with Crippen molar-refractivity contribution in [2.45, 2.75) is 73.1 Å². The molecule has 12 rings (SSSR count). The topological polar surface area (TPSA) is 9.23 Å². The van der Waals surface area contributed by atoms with Crippen molar-refractivity contribution in [3.8, 4) is 89.0 Å². The Hall–Kier alpha value is -9.40. The molecule has 0 aromatic heterocycles. The molecule has 0 bridgehead atoms. The summed E-state index contributed by atoms with van der Waals surface area (Å²) < 4.78 is 4.95. The van der Waals surface area contributed by atoms with Crippen LogP contribution in [0.3, 0.4) is 0 Å². The number of hydrogen-bond acceptors (Lipinski definition) is 1. The molecule has 12 aromatic rings. The van der Waals surface area contributed by atoms with E-state index < -0.39 is 0 Å². The van der Waals surface area contributed by atoms with Crippen molar-refractivity contribution in [1.82, 2.24) is 0 Å². The second kappa shape index (κ2) is 34.4. The van der Waals surface area contributed by atoms with Crippen LogP contribution in [-0.4, -0.2) is 13.7 Å². The van der Waals surface area contributed by atoms with Crippen LogP contribution >= 0.6 is 0 Å². The first-order valence-electron chi connectivity index (χ1n) is 30.6. The zero-order valence-electron chi connectivity index (χ0n) is 51.4. The maximum Gasteiger partial charge on any atom is 0.0462 e. The van der Waals surface area contributed by atoms with Crippen LogP contribution < -0.4 is 0 Å². The Morgan fingerprint density at radius 2 is 0.570 bits per heavy atom. The fourth-order valence-electron chi connectivity index (χ4n) is 10.7. The van der Waals surface area contributed by atoms with Crippen molar-refractivity contribution in [3.63, 3.8) is 0 Å². The van der Waals surface area contributed by atoms with E-state index in [0.29, 0.717) is 0 Å². The third-order valence-electron chi connectivity index (χ3n) is 15.3. The summed E-state index contributed by atoms with van der Waals surface area (Å²) in [7, 11) is 1.77. The van der Waals surface area contributed by atoms with Crippen molar-refractivity contribution in [1.29, 1.82) is 0 Å². The molecule has 1 heteroatoms. The molecule has 0 amide bonds. The lowest BCUT2D eigenvalue weighted by atomic mass is 9.93. The van der Waals surface area contributed by atoms with Crippen LogP contribution in [0, 0.1) is 27.7 Å². The first-order valence-corrected chi connectivity index (χ1v) is 30.6. The third kappa shape index (κ3) is 19.1. The van der Waals surface area contributed by atoms with Crippen LogP contribution in [0.2, 0.25) is 0 Å². The second-order valence-electron chi connectivity index (χ2n) is 21.8. The monoisotopic (exact) mass is 1120 g/mol. The molecule has 0 N–H and O–H groups in total. The highest BCUT2D eigenvalue weighted by molar-refractivity contribution is 5.79. The Kier molecular flexibility index (Phi) is 25.1. The molecule has 1 nitrogen and oxygen atoms in total. The highest BCUT2D eigenvalue weighted by Crippen LogP contribution is 2.34. The minimum absolute atomic E-state index is 0.937. The normalized spacial score (nSPS) is 10.3. The van der Waals surface area contributed by atoms with Gasteiger partial charge in [0, 0.05) is 13.7 Å². The summed E-state index contributed by atoms with van der Waals surface area (Å²) in [6, 6.07) is 111. The van der Waals surface area contributed by atoms with Crippen LogP contribution in [0.4, 0.5) is 0 Å². The lowest BCUT2D eigenvalue weighted by Gasteiger charge is -2.11. The average Bonchev–Trinajstić information content (AvgIpc) is 3.38. The Labute approximate surface area is 515 Å². The molecule has 86 heavy (non-hydrogen) atoms. The lowest BCUT2D eigenvalue weighted by Crippen LogP contribution is -1.87. The number of unbranched alkanes of at least 4 members (excludes halogenated alkanes) is 5. The van der Waals surface area contributed by atoms with Gasteiger partial charge < -0.3 is 4.74 Å². The molecule has 0 fully saturated rings. The van der Waals surface area contributed by atoms with Gasteiger partial charge in [0.1, 0.15) is 0 Å². The van der Waals surface area contributed by atoms with Gasteiger partial charge in [-0.3, -0.25) is 0 Å². The van der Waals surface area contributed by atoms with Gasteiger partial charge in [-0.1, -0.05) is 342 Å². The van der Waals surface area contributed by atoms with Crippen LogP contribution in [0.5, 0.6) is 0 Å². The van der Waals surface area contributed by atoms with Crippen LogP contribution in [0.15, 0.2) is 315 Å². The molecule has 0 aliphatic carbocycles. The maximum atomic E-state index is 4.95. The summed E-state index contributed by atoms with van der Waals surface area (Å²) in [5, 5.41) is 0. The van der Waals surface area contributed by atoms with Gasteiger partial charge in [0.2, 0.25) is 0 Å². The van der Waals surface area contributed by atoms with Crippen LogP contribution in [-0.2, 0) is 4.74 Å². The van der Waals surface area contributed by atoms with E-state index in [4.69, 9.17) is 4.74 Å². The van der Waals surface area contributed by atoms with E-state index >= 15 is 0 Å². The van der Waals surface area contributed by atoms with E-state index in [9.17, 15) is 0 Å². The summed E-state index contributed by atoms with van der Waals surface area (Å²) in [5.74, 6) is 0. The van der Waals surface area contributed by atoms with Crippen LogP contribution in [0.25, 0.3) is 89.0 Å². The number of rotatable bonds is 15. The number of benzene rings is 12. The van der Waals surface area contributed by atoms with E-state index in [0.717, 1.165) is 6.61 Å². The standard InChI is InChI=1S/4C19H16.C9H20O/c1-15-18(16-9-4-2-5-10-16)13-8-14-19(15)17-11-6-3-7-12-17;1-15-12-18(16-8-4-2-5-9-16)14-19(13-15)17-10-6-3-7-11-17;1-15-14-18(16-8-4-2-5-9-16)12-13-19(15)17-10-6-3-7-11-17;1-15-12-13-18(16-8-4-2-5-9-16)14-19(15)17-10-6-3-7-11-17;1-3-4-5-6-7-8-9-10-2/h4*2-14H,1H3;3-9H2,1-2H3. The van der Waals surface area contributed by atoms with Gasteiger partial charge in [0.25, 0.3) is 0 Å². The van der Waals surface area contributed by atoms with Crippen molar-refractivity contribution in [3.05, 3.63) is 338 Å². The fraction of sp³-hybridized carbons (Fsp3) is 0.153. The summed E-state index contributed by atoms with van der Waals surface area (Å²) in [6.45, 7) is 11.9. The van der Waals surface area contributed by atoms with Gasteiger partial charge in [0.05, 0.1) is 0 Å². The number of aryl methyl sites for hydroxylation is 3. The van der Waals surface area contributed by atoms with Crippen molar-refractivity contribution in [2.75, 3.05) is 13.7 Å². The number of methoxy groups -OCH3 is 1. The zero-order chi connectivity index (χ0) is 60.0. The smallest absolute Gasteiger partial charge is 0.0462 e. The molecule has 0 saturated carbocycles. The Bertz CT molecular complexity index is 3650. The maximum absolute atomic E-state index is 4.95. The van der Waals surface area contributed by atoms with Crippen LogP contribution in [0.1, 0.15) is 67.7 Å². The van der Waals surface area contributed by atoms with Gasteiger partial charge in [-0.2, -0.15) is 0 Å². The predicted octanol–water partition coefficient (Wildman–Crippen LogP) is 24.3. The Morgan fingerprint density at radius 3 is 0.965 bits per heavy atom. The van der Waals surface area contributed by atoms with E-state index in [2.05, 4.69) is 350 Å². The van der Waals surface area contributed by atoms with Gasteiger partial charge in [0.15, 0.2) is 0 Å². The third-order valence-corrected chi connectivity index (χ3v) is 15.3. The second-order valence-corrected chi connectivity index (χ2v) is 21.8. The summed E-state index contributed by atoms with van der Waals surface area (Å²) in [4.78, 5) is 0. The molecule has 0 saturated heterocycles. The largest absolute Gasteiger partial charge is 0.385 e. The van der Waals surface area contributed by atoms with Gasteiger partial charge in [-0.25, -0.2) is 0 Å². The first kappa shape index (κ1) is 62.6. The van der Waals surface area contributed by atoms with E-state index in [1.165, 1.54) is 150 Å². The number of hydrogen-bond donors (Lipinski definition) is 0. The average molecular weight is 1120 g/mol. The van der Waals surface area contributed by atoms with Crippen molar-refractivity contribution in [2.24, 2.45) is 0 Å². The SMILES string of the molecule is CCCCCCCCOC.Cc1c(-c2ccccc2)cccc1-c1ccccc1.Cc1cc(-c2ccccc2)cc(-c2ccccc2)c1.Cc1cc(-c2ccccc2)ccc1-c1ccccc1.Cc1ccc(-c2ccccc2)cc1-c1ccccc1. The van der Waals surface area contributed by atoms with Crippen molar-refractivity contribution >= 4 is 0 Å². The molecule has 0 aliphatic heterocycles. The lowest BCUT2D eigenvalue weighted by molar-refractivity contribution is 0.192. The minimum atomic E-state index is 0.937. The van der Waals surface area contributed by atoms with Gasteiger partial charge in [-0.15, -0.1) is 0 Å². The summed E-state index contributed by atoms with van der Waals surface area (Å²) in [5.41, 5.74) is 25.7. The van der Waals surface area contributed by atoms with E-state index in [1.807, 2.05) is 0 Å². The highest BCUT2D eigenvalue weighted by atomic mass is 16.5. The zero-order valence-corrected chi connectivity index (χ0v) is 51.4.